The topological polar surface area (TPSA) is 84.9 Å². The van der Waals surface area contributed by atoms with E-state index in [2.05, 4.69) is 5.32 Å². The third kappa shape index (κ3) is 5.77. The second kappa shape index (κ2) is 10.6. The maximum atomic E-state index is 13.4. The fourth-order valence-corrected chi connectivity index (χ4v) is 4.92. The van der Waals surface area contributed by atoms with Crippen molar-refractivity contribution < 1.29 is 22.7 Å². The van der Waals surface area contributed by atoms with E-state index in [-0.39, 0.29) is 21.6 Å². The Hall–Kier alpha value is -3.23. The molecule has 7 nitrogen and oxygen atoms in total. The number of halogens is 1. The van der Waals surface area contributed by atoms with E-state index in [1.54, 1.807) is 49.6 Å². The summed E-state index contributed by atoms with van der Waals surface area (Å²) >= 11 is 6.24. The minimum Gasteiger partial charge on any atom is -0.497 e. The number of amides is 1. The number of nitrogens with one attached hydrogen (secondary N) is 1. The summed E-state index contributed by atoms with van der Waals surface area (Å²) in [6.07, 6.45) is 0. The lowest BCUT2D eigenvalue weighted by Crippen LogP contribution is -2.41. The summed E-state index contributed by atoms with van der Waals surface area (Å²) in [5, 5.41) is 3.08. The molecule has 0 saturated heterocycles. The van der Waals surface area contributed by atoms with E-state index in [0.29, 0.717) is 11.5 Å². The summed E-state index contributed by atoms with van der Waals surface area (Å²) in [5.41, 5.74) is 1.10. The molecule has 33 heavy (non-hydrogen) atoms. The molecule has 9 heteroatoms. The van der Waals surface area contributed by atoms with Crippen LogP contribution < -0.4 is 19.1 Å². The molecule has 0 unspecified atom stereocenters. The van der Waals surface area contributed by atoms with Crippen molar-refractivity contribution in [2.45, 2.75) is 17.9 Å². The van der Waals surface area contributed by atoms with Crippen LogP contribution in [0.4, 0.5) is 5.69 Å². The van der Waals surface area contributed by atoms with Crippen LogP contribution in [0.5, 0.6) is 11.5 Å². The Morgan fingerprint density at radius 3 is 2.24 bits per heavy atom. The molecule has 0 spiro atoms. The van der Waals surface area contributed by atoms with Gasteiger partial charge in [-0.05, 0) is 55.0 Å². The lowest BCUT2D eigenvalue weighted by Gasteiger charge is -2.25. The summed E-state index contributed by atoms with van der Waals surface area (Å²) in [5.74, 6) is 0.633. The Morgan fingerprint density at radius 1 is 1.00 bits per heavy atom. The Balaban J connectivity index is 1.89. The van der Waals surface area contributed by atoms with Gasteiger partial charge in [0.25, 0.3) is 10.0 Å². The molecule has 0 fully saturated rings. The fraction of sp³-hybridized carbons (Fsp3) is 0.208. The number of benzene rings is 3. The summed E-state index contributed by atoms with van der Waals surface area (Å²) in [7, 11) is -0.996. The molecular formula is C24H25ClN2O5S. The second-order valence-electron chi connectivity index (χ2n) is 7.21. The molecule has 0 bridgehead atoms. The molecule has 3 rings (SSSR count). The monoisotopic (exact) mass is 488 g/mol. The summed E-state index contributed by atoms with van der Waals surface area (Å²) in [6.45, 7) is 1.39. The van der Waals surface area contributed by atoms with E-state index in [9.17, 15) is 13.2 Å². The van der Waals surface area contributed by atoms with Crippen molar-refractivity contribution in [1.82, 2.24) is 5.32 Å². The van der Waals surface area contributed by atoms with Gasteiger partial charge in [-0.15, -0.1) is 0 Å². The van der Waals surface area contributed by atoms with Crippen LogP contribution in [0.15, 0.2) is 77.7 Å². The van der Waals surface area contributed by atoms with Crippen LogP contribution in [-0.4, -0.2) is 35.1 Å². The summed E-state index contributed by atoms with van der Waals surface area (Å²) < 4.78 is 38.2. The van der Waals surface area contributed by atoms with Crippen molar-refractivity contribution in [3.8, 4) is 11.5 Å². The fourth-order valence-electron chi connectivity index (χ4n) is 3.24. The Kier molecular flexibility index (Phi) is 7.84. The van der Waals surface area contributed by atoms with Gasteiger partial charge >= 0.3 is 0 Å². The maximum Gasteiger partial charge on any atom is 0.264 e. The molecule has 1 amide bonds. The van der Waals surface area contributed by atoms with Gasteiger partial charge in [0, 0.05) is 0 Å². The van der Waals surface area contributed by atoms with E-state index in [0.717, 1.165) is 9.87 Å². The Labute approximate surface area is 198 Å². The Morgan fingerprint density at radius 2 is 1.67 bits per heavy atom. The Bertz CT molecular complexity index is 1200. The van der Waals surface area contributed by atoms with Gasteiger partial charge in [-0.1, -0.05) is 41.9 Å². The van der Waals surface area contributed by atoms with Gasteiger partial charge in [0.2, 0.25) is 5.91 Å². The van der Waals surface area contributed by atoms with Crippen molar-refractivity contribution >= 4 is 33.2 Å². The summed E-state index contributed by atoms with van der Waals surface area (Å²) in [6, 6.07) is 19.4. The molecule has 0 aliphatic heterocycles. The number of ether oxygens (including phenoxy) is 2. The normalized spacial score (nSPS) is 12.0. The van der Waals surface area contributed by atoms with Crippen LogP contribution in [0.1, 0.15) is 18.5 Å². The van der Waals surface area contributed by atoms with E-state index in [1.807, 2.05) is 19.1 Å². The molecule has 0 heterocycles. The van der Waals surface area contributed by atoms with E-state index in [4.69, 9.17) is 21.1 Å². The smallest absolute Gasteiger partial charge is 0.264 e. The molecular weight excluding hydrogens is 464 g/mol. The van der Waals surface area contributed by atoms with Gasteiger partial charge in [0.05, 0.1) is 35.9 Å². The number of nitrogens with zero attached hydrogens (tertiary/aromatic N) is 1. The largest absolute Gasteiger partial charge is 0.497 e. The predicted molar refractivity (Wildman–Crippen MR) is 129 cm³/mol. The van der Waals surface area contributed by atoms with Crippen LogP contribution in [0.25, 0.3) is 0 Å². The van der Waals surface area contributed by atoms with Gasteiger partial charge in [-0.3, -0.25) is 9.10 Å². The highest BCUT2D eigenvalue weighted by molar-refractivity contribution is 7.92. The third-order valence-corrected chi connectivity index (χ3v) is 7.12. The molecule has 0 radical (unpaired) electrons. The van der Waals surface area contributed by atoms with Gasteiger partial charge in [0.1, 0.15) is 18.0 Å². The zero-order valence-electron chi connectivity index (χ0n) is 18.5. The number of methoxy groups -OCH3 is 2. The lowest BCUT2D eigenvalue weighted by molar-refractivity contribution is -0.120. The standard InChI is InChI=1S/C24H25ClN2O5S/c1-17(18-9-12-20(31-2)13-10-18)26-24(28)16-27(19-11-14-23(32-3)22(25)15-19)33(29,30)21-7-5-4-6-8-21/h4-15,17H,16H2,1-3H3,(H,26,28)/t17-/m0/s1. The van der Waals surface area contributed by atoms with Crippen LogP contribution in [0, 0.1) is 0 Å². The highest BCUT2D eigenvalue weighted by atomic mass is 35.5. The van der Waals surface area contributed by atoms with Gasteiger partial charge < -0.3 is 14.8 Å². The minimum atomic E-state index is -4.04. The van der Waals surface area contributed by atoms with Gasteiger partial charge in [-0.2, -0.15) is 0 Å². The molecule has 1 atom stereocenters. The van der Waals surface area contributed by atoms with Crippen molar-refractivity contribution in [3.05, 3.63) is 83.4 Å². The zero-order chi connectivity index (χ0) is 24.0. The number of carbonyl (C=O) groups is 1. The molecule has 3 aromatic carbocycles. The molecule has 0 aliphatic carbocycles. The van der Waals surface area contributed by atoms with Crippen molar-refractivity contribution in [2.75, 3.05) is 25.1 Å². The average Bonchev–Trinajstić information content (AvgIpc) is 2.83. The van der Waals surface area contributed by atoms with Crippen LogP contribution >= 0.6 is 11.6 Å². The number of sulfonamides is 1. The molecule has 1 N–H and O–H groups in total. The van der Waals surface area contributed by atoms with E-state index in [1.165, 1.54) is 25.3 Å². The van der Waals surface area contributed by atoms with Crippen LogP contribution in [0.3, 0.4) is 0 Å². The van der Waals surface area contributed by atoms with E-state index < -0.39 is 22.5 Å². The molecule has 3 aromatic rings. The first-order valence-electron chi connectivity index (χ1n) is 10.1. The zero-order valence-corrected chi connectivity index (χ0v) is 20.1. The predicted octanol–water partition coefficient (Wildman–Crippen LogP) is 4.43. The van der Waals surface area contributed by atoms with Crippen LogP contribution in [-0.2, 0) is 14.8 Å². The SMILES string of the molecule is COc1ccc([C@H](C)NC(=O)CN(c2ccc(OC)c(Cl)c2)S(=O)(=O)c2ccccc2)cc1. The summed E-state index contributed by atoms with van der Waals surface area (Å²) in [4.78, 5) is 13.0. The quantitative estimate of drug-likeness (QED) is 0.481. The second-order valence-corrected chi connectivity index (χ2v) is 9.48. The molecule has 0 aliphatic rings. The number of carbonyl (C=O) groups excluding carboxylic acids is 1. The van der Waals surface area contributed by atoms with Crippen molar-refractivity contribution in [1.29, 1.82) is 0 Å². The third-order valence-electron chi connectivity index (χ3n) is 5.04. The minimum absolute atomic E-state index is 0.0629. The molecule has 174 valence electrons. The molecule has 0 aromatic heterocycles. The van der Waals surface area contributed by atoms with Crippen molar-refractivity contribution in [2.24, 2.45) is 0 Å². The number of hydrogen-bond donors (Lipinski definition) is 1. The number of hydrogen-bond acceptors (Lipinski definition) is 5. The van der Waals surface area contributed by atoms with E-state index >= 15 is 0 Å². The van der Waals surface area contributed by atoms with Gasteiger partial charge in [-0.25, -0.2) is 8.42 Å². The highest BCUT2D eigenvalue weighted by Crippen LogP contribution is 2.32. The van der Waals surface area contributed by atoms with Crippen molar-refractivity contribution in [3.63, 3.8) is 0 Å². The highest BCUT2D eigenvalue weighted by Gasteiger charge is 2.28. The first kappa shape index (κ1) is 24.4. The maximum absolute atomic E-state index is 13.4. The first-order valence-corrected chi connectivity index (χ1v) is 11.9. The number of rotatable bonds is 9. The molecule has 0 saturated carbocycles. The van der Waals surface area contributed by atoms with Crippen LogP contribution in [0.2, 0.25) is 5.02 Å². The lowest BCUT2D eigenvalue weighted by atomic mass is 10.1. The van der Waals surface area contributed by atoms with Gasteiger partial charge in [0.15, 0.2) is 0 Å². The average molecular weight is 489 g/mol. The number of anilines is 1. The first-order chi connectivity index (χ1) is 15.8.